The SMILES string of the molecule is CCN(CC)CCSCC(=O)N1CCC(C)(CN)C1.Cl.Cl. The van der Waals surface area contributed by atoms with Crippen LogP contribution in [0, 0.1) is 5.41 Å². The second kappa shape index (κ2) is 11.8. The minimum absolute atomic E-state index is 0. The number of carbonyl (C=O) groups is 1. The summed E-state index contributed by atoms with van der Waals surface area (Å²) in [5, 5.41) is 0. The average molecular weight is 360 g/mol. The summed E-state index contributed by atoms with van der Waals surface area (Å²) in [6, 6.07) is 0. The molecule has 1 unspecified atom stereocenters. The Hall–Kier alpha value is 0.320. The van der Waals surface area contributed by atoms with Crippen LogP contribution in [0.2, 0.25) is 0 Å². The van der Waals surface area contributed by atoms with E-state index in [0.29, 0.717) is 12.3 Å². The molecule has 4 nitrogen and oxygen atoms in total. The first-order valence-electron chi connectivity index (χ1n) is 7.32. The normalized spacial score (nSPS) is 21.1. The molecule has 1 amide bonds. The number of hydrogen-bond acceptors (Lipinski definition) is 4. The molecule has 0 saturated carbocycles. The van der Waals surface area contributed by atoms with Crippen LogP contribution in [0.3, 0.4) is 0 Å². The number of amides is 1. The van der Waals surface area contributed by atoms with E-state index < -0.39 is 0 Å². The molecule has 0 radical (unpaired) electrons. The van der Waals surface area contributed by atoms with E-state index >= 15 is 0 Å². The molecule has 1 fully saturated rings. The van der Waals surface area contributed by atoms with Crippen molar-refractivity contribution in [1.29, 1.82) is 0 Å². The summed E-state index contributed by atoms with van der Waals surface area (Å²) in [6.45, 7) is 12.2. The van der Waals surface area contributed by atoms with Gasteiger partial charge in [-0.2, -0.15) is 11.8 Å². The summed E-state index contributed by atoms with van der Waals surface area (Å²) in [7, 11) is 0. The third kappa shape index (κ3) is 7.93. The van der Waals surface area contributed by atoms with Gasteiger partial charge < -0.3 is 15.5 Å². The van der Waals surface area contributed by atoms with Gasteiger partial charge in [-0.25, -0.2) is 0 Å². The summed E-state index contributed by atoms with van der Waals surface area (Å²) in [4.78, 5) is 16.5. The van der Waals surface area contributed by atoms with Gasteiger partial charge in [0.15, 0.2) is 0 Å². The van der Waals surface area contributed by atoms with Crippen molar-refractivity contribution in [2.75, 3.05) is 50.8 Å². The van der Waals surface area contributed by atoms with Crippen LogP contribution < -0.4 is 5.73 Å². The Morgan fingerprint density at radius 3 is 2.43 bits per heavy atom. The maximum absolute atomic E-state index is 12.1. The number of rotatable bonds is 8. The zero-order valence-electron chi connectivity index (χ0n) is 13.5. The third-order valence-electron chi connectivity index (χ3n) is 4.08. The highest BCUT2D eigenvalue weighted by atomic mass is 35.5. The minimum Gasteiger partial charge on any atom is -0.341 e. The smallest absolute Gasteiger partial charge is 0.232 e. The highest BCUT2D eigenvalue weighted by Gasteiger charge is 2.34. The molecule has 128 valence electrons. The summed E-state index contributed by atoms with van der Waals surface area (Å²) >= 11 is 1.75. The Kier molecular flexibility index (Phi) is 13.3. The fourth-order valence-electron chi connectivity index (χ4n) is 2.39. The largest absolute Gasteiger partial charge is 0.341 e. The number of thioether (sulfide) groups is 1. The van der Waals surface area contributed by atoms with Gasteiger partial charge in [0.2, 0.25) is 5.91 Å². The molecule has 21 heavy (non-hydrogen) atoms. The topological polar surface area (TPSA) is 49.6 Å². The summed E-state index contributed by atoms with van der Waals surface area (Å²) in [5.74, 6) is 1.93. The number of carbonyl (C=O) groups excluding carboxylic acids is 1. The van der Waals surface area contributed by atoms with E-state index in [1.165, 1.54) is 0 Å². The molecule has 1 rings (SSSR count). The minimum atomic E-state index is 0. The number of halogens is 2. The highest BCUT2D eigenvalue weighted by molar-refractivity contribution is 7.99. The lowest BCUT2D eigenvalue weighted by molar-refractivity contribution is -0.127. The molecule has 0 bridgehead atoms. The van der Waals surface area contributed by atoms with Crippen LogP contribution in [0.15, 0.2) is 0 Å². The van der Waals surface area contributed by atoms with E-state index in [1.54, 1.807) is 11.8 Å². The van der Waals surface area contributed by atoms with Crippen molar-refractivity contribution in [3.8, 4) is 0 Å². The van der Waals surface area contributed by atoms with Gasteiger partial charge in [0.05, 0.1) is 5.75 Å². The van der Waals surface area contributed by atoms with Crippen LogP contribution in [0.4, 0.5) is 0 Å². The predicted molar refractivity (Wildman–Crippen MR) is 98.0 cm³/mol. The van der Waals surface area contributed by atoms with Crippen molar-refractivity contribution in [2.24, 2.45) is 11.1 Å². The van der Waals surface area contributed by atoms with Gasteiger partial charge in [-0.15, -0.1) is 24.8 Å². The summed E-state index contributed by atoms with van der Waals surface area (Å²) < 4.78 is 0. The predicted octanol–water partition coefficient (Wildman–Crippen LogP) is 2.10. The average Bonchev–Trinajstić information content (AvgIpc) is 2.82. The molecule has 7 heteroatoms. The first-order chi connectivity index (χ1) is 9.04. The number of hydrogen-bond donors (Lipinski definition) is 1. The van der Waals surface area contributed by atoms with Crippen LogP contribution in [0.1, 0.15) is 27.2 Å². The van der Waals surface area contributed by atoms with E-state index in [1.807, 2.05) is 4.90 Å². The lowest BCUT2D eigenvalue weighted by atomic mass is 9.90. The quantitative estimate of drug-likeness (QED) is 0.674. The molecule has 0 spiro atoms. The standard InChI is InChI=1S/C14H29N3OS.2ClH/c1-4-16(5-2)8-9-19-10-13(18)17-7-6-14(3,11-15)12-17;;/h4-12,15H2,1-3H3;2*1H. The van der Waals surface area contributed by atoms with Crippen LogP contribution in [-0.2, 0) is 4.79 Å². The number of likely N-dealkylation sites (tertiary alicyclic amines) is 1. The van der Waals surface area contributed by atoms with Gasteiger partial charge in [0, 0.05) is 25.4 Å². The fourth-order valence-corrected chi connectivity index (χ4v) is 3.28. The molecule has 0 aliphatic carbocycles. The zero-order chi connectivity index (χ0) is 14.3. The maximum Gasteiger partial charge on any atom is 0.232 e. The third-order valence-corrected chi connectivity index (χ3v) is 5.00. The molecule has 1 atom stereocenters. The Balaban J connectivity index is 0. The number of nitrogens with two attached hydrogens (primary N) is 1. The van der Waals surface area contributed by atoms with Gasteiger partial charge in [-0.3, -0.25) is 4.79 Å². The highest BCUT2D eigenvalue weighted by Crippen LogP contribution is 2.28. The van der Waals surface area contributed by atoms with Crippen LogP contribution in [0.25, 0.3) is 0 Å². The fraction of sp³-hybridized carbons (Fsp3) is 0.929. The van der Waals surface area contributed by atoms with Crippen molar-refractivity contribution in [2.45, 2.75) is 27.2 Å². The molecule has 0 aromatic carbocycles. The summed E-state index contributed by atoms with van der Waals surface area (Å²) in [6.07, 6.45) is 1.04. The van der Waals surface area contributed by atoms with Gasteiger partial charge >= 0.3 is 0 Å². The molecule has 1 saturated heterocycles. The van der Waals surface area contributed by atoms with Crippen LogP contribution in [-0.4, -0.2) is 66.5 Å². The summed E-state index contributed by atoms with van der Waals surface area (Å²) in [5.41, 5.74) is 5.91. The van der Waals surface area contributed by atoms with E-state index in [2.05, 4.69) is 25.7 Å². The molecule has 1 aliphatic heterocycles. The Morgan fingerprint density at radius 1 is 1.33 bits per heavy atom. The monoisotopic (exact) mass is 359 g/mol. The van der Waals surface area contributed by atoms with E-state index in [-0.39, 0.29) is 36.1 Å². The molecule has 1 heterocycles. The zero-order valence-corrected chi connectivity index (χ0v) is 15.9. The van der Waals surface area contributed by atoms with E-state index in [4.69, 9.17) is 5.73 Å². The van der Waals surface area contributed by atoms with Gasteiger partial charge in [-0.05, 0) is 31.5 Å². The van der Waals surface area contributed by atoms with Crippen molar-refractivity contribution < 1.29 is 4.79 Å². The van der Waals surface area contributed by atoms with Crippen LogP contribution >= 0.6 is 36.6 Å². The number of nitrogens with zero attached hydrogens (tertiary/aromatic N) is 2. The Bertz CT molecular complexity index is 293. The first kappa shape index (κ1) is 23.6. The molecule has 0 aromatic heterocycles. The molecule has 1 aliphatic rings. The van der Waals surface area contributed by atoms with Crippen molar-refractivity contribution in [3.63, 3.8) is 0 Å². The molecule has 2 N–H and O–H groups in total. The lowest BCUT2D eigenvalue weighted by Crippen LogP contribution is -2.35. The Morgan fingerprint density at radius 2 is 1.95 bits per heavy atom. The molecule has 0 aromatic rings. The molecular formula is C14H31Cl2N3OS. The van der Waals surface area contributed by atoms with E-state index in [0.717, 1.165) is 44.9 Å². The van der Waals surface area contributed by atoms with Crippen LogP contribution in [0.5, 0.6) is 0 Å². The maximum atomic E-state index is 12.1. The molecular weight excluding hydrogens is 329 g/mol. The Labute approximate surface area is 146 Å². The lowest BCUT2D eigenvalue weighted by Gasteiger charge is -2.22. The van der Waals surface area contributed by atoms with Crippen molar-refractivity contribution >= 4 is 42.5 Å². The van der Waals surface area contributed by atoms with E-state index in [9.17, 15) is 4.79 Å². The first-order valence-corrected chi connectivity index (χ1v) is 8.48. The van der Waals surface area contributed by atoms with Crippen molar-refractivity contribution in [3.05, 3.63) is 0 Å². The second-order valence-corrected chi connectivity index (χ2v) is 6.76. The van der Waals surface area contributed by atoms with Gasteiger partial charge in [0.1, 0.15) is 0 Å². The van der Waals surface area contributed by atoms with Gasteiger partial charge in [0.25, 0.3) is 0 Å². The van der Waals surface area contributed by atoms with Crippen molar-refractivity contribution in [1.82, 2.24) is 9.80 Å². The van der Waals surface area contributed by atoms with Gasteiger partial charge in [-0.1, -0.05) is 20.8 Å². The second-order valence-electron chi connectivity index (χ2n) is 5.66.